The van der Waals surface area contributed by atoms with Crippen LogP contribution >= 0.6 is 0 Å². The van der Waals surface area contributed by atoms with E-state index >= 15 is 0 Å². The number of hydrogen-bond acceptors (Lipinski definition) is 13. The second-order valence-electron chi connectivity index (χ2n) is 20.1. The number of aliphatic hydroxyl groups excluding tert-OH is 5. The normalized spacial score (nSPS) is 33.4. The van der Waals surface area contributed by atoms with Crippen LogP contribution in [0.25, 0.3) is 0 Å². The maximum absolute atomic E-state index is 12.7. The molecule has 6 aliphatic rings. The number of aliphatic hydroxyl groups is 6. The third-order valence-electron chi connectivity index (χ3n) is 15.8. The fraction of sp³-hybridized carbons (Fsp3) is 0.556. The van der Waals surface area contributed by atoms with Gasteiger partial charge in [0.2, 0.25) is 6.29 Å². The topological polar surface area (TPSA) is 234 Å². The molecule has 69 heavy (non-hydrogen) atoms. The zero-order valence-electron chi connectivity index (χ0n) is 39.1. The van der Waals surface area contributed by atoms with E-state index < -0.39 is 71.4 Å². The molecule has 9 rings (SSSR count). The van der Waals surface area contributed by atoms with Crippen molar-refractivity contribution in [2.75, 3.05) is 26.9 Å². The molecular formula is C54H66N2O13. The molecule has 1 saturated heterocycles. The van der Waals surface area contributed by atoms with E-state index in [0.717, 1.165) is 23.1 Å². The maximum Gasteiger partial charge on any atom is 0.335 e. The minimum atomic E-state index is -1.82. The molecule has 14 atom stereocenters. The summed E-state index contributed by atoms with van der Waals surface area (Å²) in [6.45, 7) is 3.88. The molecule has 1 aromatic heterocycles. The SMILES string of the molecule is C=CCc1ccc(O[C@H]2O[C@H]3[C@@H](O)[C@H](O)[C@]24C[C@H]([C@H](O)CC#CO[C@H]3CCCO)[C@@]2(C=CO4)CC[C@H]3C[C@H](Cc4ccc(C(=O)O)cc4)C[C@@]3(O)C2)cc1C[C@@H](COC)[C@@H](CO)n1ccc(C#N)c1. The lowest BCUT2D eigenvalue weighted by Gasteiger charge is -2.54. The third kappa shape index (κ3) is 10.3. The van der Waals surface area contributed by atoms with Crippen LogP contribution in [0.1, 0.15) is 96.4 Å². The molecule has 3 bridgehead atoms. The highest BCUT2D eigenvalue weighted by molar-refractivity contribution is 5.87. The molecule has 4 aliphatic heterocycles. The highest BCUT2D eigenvalue weighted by Gasteiger charge is 2.65. The van der Waals surface area contributed by atoms with Crippen molar-refractivity contribution >= 4 is 5.97 Å². The number of allylic oxidation sites excluding steroid dienone is 2. The van der Waals surface area contributed by atoms with Gasteiger partial charge in [-0.3, -0.25) is 0 Å². The fourth-order valence-electron chi connectivity index (χ4n) is 12.4. The van der Waals surface area contributed by atoms with Crippen molar-refractivity contribution in [2.24, 2.45) is 29.1 Å². The number of nitriles is 1. The van der Waals surface area contributed by atoms with Gasteiger partial charge in [-0.15, -0.1) is 6.58 Å². The highest BCUT2D eigenvalue weighted by atomic mass is 16.7. The van der Waals surface area contributed by atoms with Gasteiger partial charge in [0.1, 0.15) is 42.3 Å². The number of aromatic carboxylic acids is 1. The average Bonchev–Trinajstić information content (AvgIpc) is 3.90. The van der Waals surface area contributed by atoms with Gasteiger partial charge in [-0.1, -0.05) is 30.2 Å². The summed E-state index contributed by atoms with van der Waals surface area (Å²) in [6.07, 6.45) is 8.44. The molecule has 2 spiro atoms. The van der Waals surface area contributed by atoms with Crippen molar-refractivity contribution in [2.45, 2.75) is 131 Å². The Morgan fingerprint density at radius 1 is 1.12 bits per heavy atom. The first-order valence-electron chi connectivity index (χ1n) is 24.2. The summed E-state index contributed by atoms with van der Waals surface area (Å²) in [6, 6.07) is 15.9. The van der Waals surface area contributed by atoms with E-state index in [1.54, 1.807) is 49.8 Å². The summed E-state index contributed by atoms with van der Waals surface area (Å²) >= 11 is 0. The number of nitrogens with zero attached hydrogens (tertiary/aromatic N) is 2. The number of fused-ring (bicyclic) bond motifs is 7. The lowest BCUT2D eigenvalue weighted by molar-refractivity contribution is -0.334. The molecular weight excluding hydrogens is 885 g/mol. The van der Waals surface area contributed by atoms with E-state index in [1.807, 2.05) is 34.9 Å². The van der Waals surface area contributed by atoms with Gasteiger partial charge in [-0.05, 0) is 140 Å². The van der Waals surface area contributed by atoms with Crippen molar-refractivity contribution in [1.29, 1.82) is 5.26 Å². The Morgan fingerprint density at radius 2 is 1.93 bits per heavy atom. The first kappa shape index (κ1) is 50.2. The first-order valence-corrected chi connectivity index (χ1v) is 24.2. The lowest BCUT2D eigenvalue weighted by Crippen LogP contribution is -2.70. The number of benzene rings is 2. The van der Waals surface area contributed by atoms with Crippen LogP contribution in [0.3, 0.4) is 0 Å². The monoisotopic (exact) mass is 950 g/mol. The molecule has 0 amide bonds. The van der Waals surface area contributed by atoms with E-state index in [2.05, 4.69) is 24.7 Å². The van der Waals surface area contributed by atoms with E-state index in [9.17, 15) is 45.8 Å². The van der Waals surface area contributed by atoms with Crippen LogP contribution in [-0.4, -0.2) is 121 Å². The van der Waals surface area contributed by atoms with Crippen LogP contribution in [0.15, 0.2) is 85.9 Å². The van der Waals surface area contributed by atoms with Gasteiger partial charge in [-0.25, -0.2) is 4.79 Å². The lowest BCUT2D eigenvalue weighted by atomic mass is 9.55. The molecule has 3 aromatic rings. The van der Waals surface area contributed by atoms with Gasteiger partial charge in [0.05, 0.1) is 48.3 Å². The number of carbonyl (C=O) groups is 1. The summed E-state index contributed by atoms with van der Waals surface area (Å²) in [5.74, 6) is 1.52. The fourth-order valence-corrected chi connectivity index (χ4v) is 12.4. The largest absolute Gasteiger partial charge is 0.486 e. The van der Waals surface area contributed by atoms with E-state index in [-0.39, 0.29) is 68.8 Å². The Balaban J connectivity index is 1.14. The molecule has 370 valence electrons. The first-order chi connectivity index (χ1) is 33.3. The molecule has 2 aromatic carbocycles. The van der Waals surface area contributed by atoms with E-state index in [0.29, 0.717) is 56.3 Å². The predicted octanol–water partition coefficient (Wildman–Crippen LogP) is 4.99. The minimum Gasteiger partial charge on any atom is -0.486 e. The third-order valence-corrected chi connectivity index (χ3v) is 15.8. The number of carboxylic acid groups (broad SMARTS) is 1. The van der Waals surface area contributed by atoms with Crippen LogP contribution in [0.4, 0.5) is 0 Å². The van der Waals surface area contributed by atoms with Crippen LogP contribution in [0.5, 0.6) is 5.75 Å². The van der Waals surface area contributed by atoms with E-state index in [1.165, 1.54) is 6.26 Å². The number of carboxylic acids is 1. The zero-order valence-corrected chi connectivity index (χ0v) is 39.1. The second kappa shape index (κ2) is 21.4. The standard InChI is InChI=1S/C54H66N2O13/c1-3-6-37-13-14-42(26-39(37)25-40(32-65-2)44(31-58)56-19-16-35(29-55)30-56)68-51-54-28-43(45(59)7-5-21-66-46(8-4-20-57)48(69-51)47(60)49(54)61)52(18-22-67-54)17-15-41-24-36(27-53(41,64)33-52)23-34-9-11-38(12-10-34)50(62)63/h3,9-14,16,18-19,22,26,30,36,40-41,43-49,51,57-61,64H,1,4,6-8,15,17,20,23-25,27-28,31-33H2,2H3,(H,62,63)/t36-,40-,41-,43+,44+,45+,46-,47+,48+,49-,51-,52+,53+,54+/m0/s1. The molecule has 5 heterocycles. The van der Waals surface area contributed by atoms with Crippen molar-refractivity contribution in [3.05, 3.63) is 114 Å². The molecule has 3 fully saturated rings. The van der Waals surface area contributed by atoms with Gasteiger partial charge >= 0.3 is 5.97 Å². The Kier molecular flexibility index (Phi) is 15.6. The van der Waals surface area contributed by atoms with E-state index in [4.69, 9.17) is 23.7 Å². The van der Waals surface area contributed by atoms with Crippen molar-refractivity contribution in [3.8, 4) is 23.8 Å². The number of ether oxygens (including phenoxy) is 5. The molecule has 2 saturated carbocycles. The van der Waals surface area contributed by atoms with Crippen LogP contribution in [0, 0.1) is 52.4 Å². The molecule has 2 aliphatic carbocycles. The molecule has 15 heteroatoms. The van der Waals surface area contributed by atoms with Gasteiger partial charge in [0.25, 0.3) is 0 Å². The second-order valence-corrected chi connectivity index (χ2v) is 20.1. The molecule has 7 N–H and O–H groups in total. The number of rotatable bonds is 17. The number of methoxy groups -OCH3 is 1. The van der Waals surface area contributed by atoms with Crippen molar-refractivity contribution < 1.29 is 64.2 Å². The Hall–Kier alpha value is -5.20. The van der Waals surface area contributed by atoms with Gasteiger partial charge in [0, 0.05) is 44.9 Å². The number of hydrogen-bond donors (Lipinski definition) is 7. The minimum absolute atomic E-state index is 0.00199. The summed E-state index contributed by atoms with van der Waals surface area (Å²) in [5, 5.41) is 89.2. The summed E-state index contributed by atoms with van der Waals surface area (Å²) in [5.41, 5.74) is -0.283. The quantitative estimate of drug-likeness (QED) is 0.0698. The summed E-state index contributed by atoms with van der Waals surface area (Å²) < 4.78 is 33.9. The highest BCUT2D eigenvalue weighted by Crippen LogP contribution is 2.61. The summed E-state index contributed by atoms with van der Waals surface area (Å²) in [4.78, 5) is 11.5. The van der Waals surface area contributed by atoms with Gasteiger partial charge in [0.15, 0.2) is 5.60 Å². The molecule has 15 nitrogen and oxygen atoms in total. The summed E-state index contributed by atoms with van der Waals surface area (Å²) in [7, 11) is 1.60. The van der Waals surface area contributed by atoms with Crippen molar-refractivity contribution in [1.82, 2.24) is 4.57 Å². The molecule has 0 radical (unpaired) electrons. The Bertz CT molecular complexity index is 2400. The Morgan fingerprint density at radius 3 is 2.64 bits per heavy atom. The van der Waals surface area contributed by atoms with Crippen LogP contribution < -0.4 is 4.74 Å². The Labute approximate surface area is 403 Å². The van der Waals surface area contributed by atoms with Gasteiger partial charge in [-0.2, -0.15) is 5.26 Å². The van der Waals surface area contributed by atoms with Crippen molar-refractivity contribution in [3.63, 3.8) is 0 Å². The van der Waals surface area contributed by atoms with Crippen LogP contribution in [0.2, 0.25) is 0 Å². The average molecular weight is 951 g/mol. The predicted molar refractivity (Wildman–Crippen MR) is 251 cm³/mol. The van der Waals surface area contributed by atoms with Crippen LogP contribution in [-0.2, 0) is 38.2 Å². The van der Waals surface area contributed by atoms with Gasteiger partial charge < -0.3 is 64.0 Å². The smallest absolute Gasteiger partial charge is 0.335 e. The maximum atomic E-state index is 12.7. The zero-order chi connectivity index (χ0) is 48.9. The number of aromatic nitrogens is 1. The molecule has 0 unspecified atom stereocenters.